The van der Waals surface area contributed by atoms with Crippen LogP contribution in [0.4, 0.5) is 17.1 Å². The molecule has 10 aromatic carbocycles. The molecule has 0 aliphatic carbocycles. The zero-order chi connectivity index (χ0) is 37.0. The van der Waals surface area contributed by atoms with E-state index in [4.69, 9.17) is 0 Å². The molecule has 0 saturated heterocycles. The zero-order valence-electron chi connectivity index (χ0n) is 30.7. The first-order valence-corrected chi connectivity index (χ1v) is 19.3. The van der Waals surface area contributed by atoms with Crippen LogP contribution >= 0.6 is 0 Å². The van der Waals surface area contributed by atoms with Gasteiger partial charge in [-0.25, -0.2) is 0 Å². The summed E-state index contributed by atoms with van der Waals surface area (Å²) in [5.41, 5.74) is 11.7. The first kappa shape index (κ1) is 32.0. The van der Waals surface area contributed by atoms with Crippen LogP contribution in [-0.4, -0.2) is 4.57 Å². The van der Waals surface area contributed by atoms with E-state index in [9.17, 15) is 0 Å². The third kappa shape index (κ3) is 5.26. The van der Waals surface area contributed by atoms with E-state index in [1.807, 2.05) is 0 Å². The Morgan fingerprint density at radius 3 is 1.46 bits per heavy atom. The van der Waals surface area contributed by atoms with Crippen LogP contribution in [0.25, 0.3) is 82.1 Å². The molecule has 2 heteroatoms. The summed E-state index contributed by atoms with van der Waals surface area (Å²) in [5, 5.41) is 10.2. The molecular weight excluding hydrogens is 677 g/mol. The number of rotatable bonds is 6. The summed E-state index contributed by atoms with van der Waals surface area (Å²) in [6.45, 7) is 0. The number of aromatic nitrogens is 1. The molecule has 0 amide bonds. The maximum atomic E-state index is 2.41. The highest BCUT2D eigenvalue weighted by atomic mass is 15.1. The van der Waals surface area contributed by atoms with E-state index in [0.29, 0.717) is 0 Å². The highest BCUT2D eigenvalue weighted by molar-refractivity contribution is 6.17. The second kappa shape index (κ2) is 13.2. The van der Waals surface area contributed by atoms with E-state index in [2.05, 4.69) is 228 Å². The Morgan fingerprint density at radius 1 is 0.286 bits per heavy atom. The lowest BCUT2D eigenvalue weighted by Crippen LogP contribution is -2.09. The maximum absolute atomic E-state index is 2.41. The number of hydrogen-bond donors (Lipinski definition) is 0. The number of fused-ring (bicyclic) bond motifs is 8. The third-order valence-corrected chi connectivity index (χ3v) is 11.4. The van der Waals surface area contributed by atoms with Gasteiger partial charge in [0.15, 0.2) is 0 Å². The molecular formula is C54H36N2. The number of para-hydroxylation sites is 4. The second-order valence-corrected chi connectivity index (χ2v) is 14.5. The molecule has 0 atom stereocenters. The Kier molecular flexibility index (Phi) is 7.53. The van der Waals surface area contributed by atoms with Crippen LogP contribution < -0.4 is 4.90 Å². The molecule has 11 rings (SSSR count). The summed E-state index contributed by atoms with van der Waals surface area (Å²) in [4.78, 5) is 2.34. The van der Waals surface area contributed by atoms with Crippen LogP contribution in [-0.2, 0) is 0 Å². The van der Waals surface area contributed by atoms with Crippen LogP contribution in [0.2, 0.25) is 0 Å². The van der Waals surface area contributed by atoms with E-state index in [0.717, 1.165) is 17.1 Å². The Hall–Kier alpha value is -7.42. The minimum absolute atomic E-state index is 1.10. The van der Waals surface area contributed by atoms with Gasteiger partial charge in [-0.05, 0) is 110 Å². The SMILES string of the molecule is c1ccc(N(c2ccc(-c3ccc4c(ccc5c6ccccc6ccc45)c3)cc2)c2ccc(-c3ccccc3-n3c4ccccc4c4ccccc43)cc2)cc1. The Labute approximate surface area is 325 Å². The molecule has 0 unspecified atom stereocenters. The Bertz CT molecular complexity index is 3180. The average Bonchev–Trinajstić information content (AvgIpc) is 3.61. The smallest absolute Gasteiger partial charge is 0.0541 e. The lowest BCUT2D eigenvalue weighted by Gasteiger charge is -2.26. The van der Waals surface area contributed by atoms with Gasteiger partial charge in [-0.3, -0.25) is 0 Å². The summed E-state index contributed by atoms with van der Waals surface area (Å²) in [6.07, 6.45) is 0. The zero-order valence-corrected chi connectivity index (χ0v) is 30.7. The quantitative estimate of drug-likeness (QED) is 0.156. The van der Waals surface area contributed by atoms with E-state index in [1.165, 1.54) is 82.1 Å². The number of benzene rings is 10. The van der Waals surface area contributed by atoms with Crippen LogP contribution in [0.1, 0.15) is 0 Å². The van der Waals surface area contributed by atoms with Gasteiger partial charge in [0.25, 0.3) is 0 Å². The fourth-order valence-electron chi connectivity index (χ4n) is 8.72. The predicted octanol–water partition coefficient (Wildman–Crippen LogP) is 15.0. The van der Waals surface area contributed by atoms with Crippen molar-refractivity contribution in [3.05, 3.63) is 218 Å². The van der Waals surface area contributed by atoms with Crippen molar-refractivity contribution in [3.8, 4) is 27.9 Å². The van der Waals surface area contributed by atoms with Crippen molar-refractivity contribution >= 4 is 71.2 Å². The topological polar surface area (TPSA) is 8.17 Å². The fourth-order valence-corrected chi connectivity index (χ4v) is 8.72. The summed E-state index contributed by atoms with van der Waals surface area (Å²) < 4.78 is 2.41. The average molecular weight is 713 g/mol. The molecule has 262 valence electrons. The van der Waals surface area contributed by atoms with Crippen LogP contribution in [0, 0.1) is 0 Å². The maximum Gasteiger partial charge on any atom is 0.0541 e. The van der Waals surface area contributed by atoms with Gasteiger partial charge in [0.1, 0.15) is 0 Å². The van der Waals surface area contributed by atoms with Gasteiger partial charge in [0.05, 0.1) is 16.7 Å². The van der Waals surface area contributed by atoms with E-state index < -0.39 is 0 Å². The number of nitrogens with zero attached hydrogens (tertiary/aromatic N) is 2. The summed E-state index contributed by atoms with van der Waals surface area (Å²) in [5.74, 6) is 0. The molecule has 0 aliphatic rings. The number of anilines is 3. The summed E-state index contributed by atoms with van der Waals surface area (Å²) in [7, 11) is 0. The van der Waals surface area contributed by atoms with Crippen LogP contribution in [0.15, 0.2) is 218 Å². The molecule has 0 saturated carbocycles. The molecule has 0 N–H and O–H groups in total. The normalized spacial score (nSPS) is 11.6. The molecule has 0 bridgehead atoms. The van der Waals surface area contributed by atoms with Gasteiger partial charge in [0, 0.05) is 33.4 Å². The molecule has 56 heavy (non-hydrogen) atoms. The highest BCUT2D eigenvalue weighted by Gasteiger charge is 2.17. The molecule has 2 nitrogen and oxygen atoms in total. The molecule has 0 aliphatic heterocycles. The summed E-state index contributed by atoms with van der Waals surface area (Å²) >= 11 is 0. The van der Waals surface area contributed by atoms with E-state index in [1.54, 1.807) is 0 Å². The van der Waals surface area contributed by atoms with Crippen molar-refractivity contribution in [3.63, 3.8) is 0 Å². The molecule has 0 spiro atoms. The van der Waals surface area contributed by atoms with Gasteiger partial charge in [-0.15, -0.1) is 0 Å². The van der Waals surface area contributed by atoms with Crippen molar-refractivity contribution in [2.24, 2.45) is 0 Å². The van der Waals surface area contributed by atoms with Crippen LogP contribution in [0.5, 0.6) is 0 Å². The largest absolute Gasteiger partial charge is 0.311 e. The van der Waals surface area contributed by atoms with Gasteiger partial charge in [-0.1, -0.05) is 158 Å². The van der Waals surface area contributed by atoms with E-state index in [-0.39, 0.29) is 0 Å². The molecule has 0 fully saturated rings. The van der Waals surface area contributed by atoms with Gasteiger partial charge < -0.3 is 9.47 Å². The minimum atomic E-state index is 1.10. The highest BCUT2D eigenvalue weighted by Crippen LogP contribution is 2.40. The van der Waals surface area contributed by atoms with Crippen molar-refractivity contribution in [2.45, 2.75) is 0 Å². The van der Waals surface area contributed by atoms with Crippen molar-refractivity contribution in [1.82, 2.24) is 4.57 Å². The molecule has 1 aromatic heterocycles. The lowest BCUT2D eigenvalue weighted by molar-refractivity contribution is 1.18. The van der Waals surface area contributed by atoms with Crippen molar-refractivity contribution in [1.29, 1.82) is 0 Å². The minimum Gasteiger partial charge on any atom is -0.311 e. The molecule has 11 aromatic rings. The first-order valence-electron chi connectivity index (χ1n) is 19.3. The Balaban J connectivity index is 0.950. The third-order valence-electron chi connectivity index (χ3n) is 11.4. The van der Waals surface area contributed by atoms with E-state index >= 15 is 0 Å². The molecule has 1 heterocycles. The summed E-state index contributed by atoms with van der Waals surface area (Å²) in [6, 6.07) is 79.3. The number of hydrogen-bond acceptors (Lipinski definition) is 1. The monoisotopic (exact) mass is 712 g/mol. The predicted molar refractivity (Wildman–Crippen MR) is 239 cm³/mol. The van der Waals surface area contributed by atoms with Crippen LogP contribution in [0.3, 0.4) is 0 Å². The van der Waals surface area contributed by atoms with Crippen molar-refractivity contribution < 1.29 is 0 Å². The van der Waals surface area contributed by atoms with Gasteiger partial charge >= 0.3 is 0 Å². The van der Waals surface area contributed by atoms with Gasteiger partial charge in [0.2, 0.25) is 0 Å². The molecule has 0 radical (unpaired) electrons. The first-order chi connectivity index (χ1) is 27.8. The van der Waals surface area contributed by atoms with Crippen molar-refractivity contribution in [2.75, 3.05) is 4.90 Å². The Morgan fingerprint density at radius 2 is 0.768 bits per heavy atom. The fraction of sp³-hybridized carbons (Fsp3) is 0. The standard InChI is InChI=1S/C54H36N2/c1-2-13-42(14-3-1)55(43-29-22-37(23-30-43)40-27-33-46-41(36-40)28-35-48-45-15-5-4-12-38(45)26-34-49(46)48)44-31-24-39(25-32-44)47-16-6-9-19-52(47)56-53-20-10-7-17-50(53)51-18-8-11-21-54(51)56/h1-36H. The van der Waals surface area contributed by atoms with Gasteiger partial charge in [-0.2, -0.15) is 0 Å². The lowest BCUT2D eigenvalue weighted by atomic mass is 9.95. The second-order valence-electron chi connectivity index (χ2n) is 14.5.